The van der Waals surface area contributed by atoms with Crippen molar-refractivity contribution in [3.63, 3.8) is 0 Å². The topological polar surface area (TPSA) is 41.6 Å². The molecule has 1 amide bonds. The maximum Gasteiger partial charge on any atom is 0.253 e. The minimum absolute atomic E-state index is 0.0187. The third kappa shape index (κ3) is 3.38. The second kappa shape index (κ2) is 6.37. The first-order valence-corrected chi connectivity index (χ1v) is 7.55. The van der Waals surface area contributed by atoms with E-state index in [1.165, 1.54) is 31.5 Å². The fraction of sp³-hybridized carbons (Fsp3) is 0.562. The number of likely N-dealkylation sites (tertiary alicyclic amines) is 1. The average Bonchev–Trinajstić information content (AvgIpc) is 3.13. The lowest BCUT2D eigenvalue weighted by molar-refractivity contribution is -0.124. The highest BCUT2D eigenvalue weighted by molar-refractivity contribution is 5.94. The van der Waals surface area contributed by atoms with Gasteiger partial charge in [-0.2, -0.15) is 0 Å². The second-order valence-corrected chi connectivity index (χ2v) is 5.67. The van der Waals surface area contributed by atoms with Crippen LogP contribution in [0.15, 0.2) is 24.3 Å². The summed E-state index contributed by atoms with van der Waals surface area (Å²) in [5, 5.41) is 2.93. The van der Waals surface area contributed by atoms with Crippen molar-refractivity contribution in [2.45, 2.75) is 38.3 Å². The third-order valence-corrected chi connectivity index (χ3v) is 4.05. The van der Waals surface area contributed by atoms with E-state index in [-0.39, 0.29) is 12.0 Å². The number of amides is 1. The molecule has 108 valence electrons. The fourth-order valence-corrected chi connectivity index (χ4v) is 2.90. The summed E-state index contributed by atoms with van der Waals surface area (Å²) >= 11 is 0. The van der Waals surface area contributed by atoms with Crippen molar-refractivity contribution < 1.29 is 9.53 Å². The SMILES string of the molecule is O=C(Nc1ccc(CN2CCCC2)cc1)[C@@H]1CCCO1. The Labute approximate surface area is 120 Å². The summed E-state index contributed by atoms with van der Waals surface area (Å²) in [5.74, 6) is -0.0187. The van der Waals surface area contributed by atoms with Crippen molar-refractivity contribution in [1.29, 1.82) is 0 Å². The smallest absolute Gasteiger partial charge is 0.253 e. The van der Waals surface area contributed by atoms with Crippen LogP contribution in [0.1, 0.15) is 31.2 Å². The maximum atomic E-state index is 11.9. The Kier molecular flexibility index (Phi) is 4.33. The number of hydrogen-bond acceptors (Lipinski definition) is 3. The molecular formula is C16H22N2O2. The first-order valence-electron chi connectivity index (χ1n) is 7.55. The molecule has 2 aliphatic heterocycles. The Bertz CT molecular complexity index is 446. The summed E-state index contributed by atoms with van der Waals surface area (Å²) < 4.78 is 5.38. The Balaban J connectivity index is 1.53. The summed E-state index contributed by atoms with van der Waals surface area (Å²) in [6.45, 7) is 4.13. The lowest BCUT2D eigenvalue weighted by Crippen LogP contribution is -2.26. The van der Waals surface area contributed by atoms with Crippen LogP contribution in [0.3, 0.4) is 0 Å². The highest BCUT2D eigenvalue weighted by Gasteiger charge is 2.23. The molecule has 0 radical (unpaired) electrons. The van der Waals surface area contributed by atoms with Gasteiger partial charge in [-0.1, -0.05) is 12.1 Å². The summed E-state index contributed by atoms with van der Waals surface area (Å²) in [5.41, 5.74) is 2.16. The van der Waals surface area contributed by atoms with E-state index in [9.17, 15) is 4.79 Å². The number of hydrogen-bond donors (Lipinski definition) is 1. The normalized spacial score (nSPS) is 23.1. The first-order chi connectivity index (χ1) is 9.81. The van der Waals surface area contributed by atoms with E-state index in [4.69, 9.17) is 4.74 Å². The quantitative estimate of drug-likeness (QED) is 0.916. The van der Waals surface area contributed by atoms with Crippen LogP contribution in [0.25, 0.3) is 0 Å². The van der Waals surface area contributed by atoms with Gasteiger partial charge < -0.3 is 10.1 Å². The zero-order valence-corrected chi connectivity index (χ0v) is 11.8. The molecule has 1 aromatic rings. The number of carbonyl (C=O) groups is 1. The van der Waals surface area contributed by atoms with E-state index in [0.29, 0.717) is 6.61 Å². The molecular weight excluding hydrogens is 252 g/mol. The zero-order valence-electron chi connectivity index (χ0n) is 11.8. The Morgan fingerprint density at radius 3 is 2.60 bits per heavy atom. The highest BCUT2D eigenvalue weighted by atomic mass is 16.5. The van der Waals surface area contributed by atoms with Crippen LogP contribution in [0.2, 0.25) is 0 Å². The zero-order chi connectivity index (χ0) is 13.8. The summed E-state index contributed by atoms with van der Waals surface area (Å²) in [7, 11) is 0. The van der Waals surface area contributed by atoms with Gasteiger partial charge in [-0.15, -0.1) is 0 Å². The molecule has 2 aliphatic rings. The van der Waals surface area contributed by atoms with Crippen LogP contribution in [0.5, 0.6) is 0 Å². The van der Waals surface area contributed by atoms with Crippen molar-refractivity contribution in [2.75, 3.05) is 25.0 Å². The number of ether oxygens (including phenoxy) is 1. The van der Waals surface area contributed by atoms with Gasteiger partial charge in [0, 0.05) is 18.8 Å². The minimum Gasteiger partial charge on any atom is -0.368 e. The van der Waals surface area contributed by atoms with Crippen molar-refractivity contribution in [1.82, 2.24) is 4.90 Å². The predicted molar refractivity (Wildman–Crippen MR) is 78.6 cm³/mol. The summed E-state index contributed by atoms with van der Waals surface area (Å²) in [6, 6.07) is 8.17. The van der Waals surface area contributed by atoms with Crippen LogP contribution >= 0.6 is 0 Å². The molecule has 2 heterocycles. The van der Waals surface area contributed by atoms with E-state index < -0.39 is 0 Å². The molecule has 4 heteroatoms. The monoisotopic (exact) mass is 274 g/mol. The molecule has 0 saturated carbocycles. The first kappa shape index (κ1) is 13.6. The molecule has 2 saturated heterocycles. The van der Waals surface area contributed by atoms with Crippen molar-refractivity contribution in [3.8, 4) is 0 Å². The Morgan fingerprint density at radius 1 is 1.20 bits per heavy atom. The largest absolute Gasteiger partial charge is 0.368 e. The van der Waals surface area contributed by atoms with Crippen LogP contribution in [-0.4, -0.2) is 36.6 Å². The van der Waals surface area contributed by atoms with Gasteiger partial charge in [0.05, 0.1) is 0 Å². The molecule has 0 aromatic heterocycles. The van der Waals surface area contributed by atoms with E-state index in [1.54, 1.807) is 0 Å². The van der Waals surface area contributed by atoms with E-state index in [1.807, 2.05) is 12.1 Å². The summed E-state index contributed by atoms with van der Waals surface area (Å²) in [4.78, 5) is 14.4. The molecule has 1 aromatic carbocycles. The van der Waals surface area contributed by atoms with Gasteiger partial charge in [-0.25, -0.2) is 0 Å². The molecule has 1 N–H and O–H groups in total. The second-order valence-electron chi connectivity index (χ2n) is 5.67. The Hall–Kier alpha value is -1.39. The molecule has 0 unspecified atom stereocenters. The third-order valence-electron chi connectivity index (χ3n) is 4.05. The lowest BCUT2D eigenvalue weighted by Gasteiger charge is -2.15. The predicted octanol–water partition coefficient (Wildman–Crippen LogP) is 2.40. The average molecular weight is 274 g/mol. The standard InChI is InChI=1S/C16H22N2O2/c19-16(15-4-3-11-20-15)17-14-7-5-13(6-8-14)12-18-9-1-2-10-18/h5-8,15H,1-4,9-12H2,(H,17,19)/t15-/m0/s1. The molecule has 0 bridgehead atoms. The lowest BCUT2D eigenvalue weighted by atomic mass is 10.2. The van der Waals surface area contributed by atoms with Crippen molar-refractivity contribution >= 4 is 11.6 Å². The molecule has 3 rings (SSSR count). The molecule has 4 nitrogen and oxygen atoms in total. The number of rotatable bonds is 4. The molecule has 1 atom stereocenters. The number of benzene rings is 1. The molecule has 0 spiro atoms. The van der Waals surface area contributed by atoms with Crippen LogP contribution in [0.4, 0.5) is 5.69 Å². The van der Waals surface area contributed by atoms with Crippen LogP contribution in [-0.2, 0) is 16.1 Å². The van der Waals surface area contributed by atoms with Crippen molar-refractivity contribution in [3.05, 3.63) is 29.8 Å². The number of nitrogens with one attached hydrogen (secondary N) is 1. The number of anilines is 1. The Morgan fingerprint density at radius 2 is 1.95 bits per heavy atom. The number of carbonyl (C=O) groups excluding carboxylic acids is 1. The van der Waals surface area contributed by atoms with Crippen LogP contribution < -0.4 is 5.32 Å². The van der Waals surface area contributed by atoms with Gasteiger partial charge in [-0.3, -0.25) is 9.69 Å². The molecule has 20 heavy (non-hydrogen) atoms. The van der Waals surface area contributed by atoms with Gasteiger partial charge in [-0.05, 0) is 56.5 Å². The maximum absolute atomic E-state index is 11.9. The van der Waals surface area contributed by atoms with Gasteiger partial charge in [0.25, 0.3) is 5.91 Å². The van der Waals surface area contributed by atoms with Gasteiger partial charge in [0.2, 0.25) is 0 Å². The minimum atomic E-state index is -0.265. The summed E-state index contributed by atoms with van der Waals surface area (Å²) in [6.07, 6.45) is 4.18. The number of nitrogens with zero attached hydrogens (tertiary/aromatic N) is 1. The van der Waals surface area contributed by atoms with Gasteiger partial charge >= 0.3 is 0 Å². The van der Waals surface area contributed by atoms with Gasteiger partial charge in [0.15, 0.2) is 0 Å². The van der Waals surface area contributed by atoms with E-state index >= 15 is 0 Å². The van der Waals surface area contributed by atoms with Gasteiger partial charge in [0.1, 0.15) is 6.10 Å². The highest BCUT2D eigenvalue weighted by Crippen LogP contribution is 2.17. The van der Waals surface area contributed by atoms with Crippen molar-refractivity contribution in [2.24, 2.45) is 0 Å². The molecule has 0 aliphatic carbocycles. The molecule has 2 fully saturated rings. The van der Waals surface area contributed by atoms with Crippen LogP contribution in [0, 0.1) is 0 Å². The fourth-order valence-electron chi connectivity index (χ4n) is 2.90. The van der Waals surface area contributed by atoms with E-state index in [0.717, 1.165) is 25.1 Å². The van der Waals surface area contributed by atoms with E-state index in [2.05, 4.69) is 22.3 Å².